The third-order valence-electron chi connectivity index (χ3n) is 4.05. The third kappa shape index (κ3) is 6.29. The topological polar surface area (TPSA) is 63.2 Å². The Balaban J connectivity index is 1.96. The first-order valence-corrected chi connectivity index (χ1v) is 10.00. The van der Waals surface area contributed by atoms with Gasteiger partial charge in [0.25, 0.3) is 22.0 Å². The number of unbranched alkanes of at least 4 members (excludes halogenated alkanes) is 1. The lowest BCUT2D eigenvalue weighted by atomic mass is 10.0. The van der Waals surface area contributed by atoms with Crippen molar-refractivity contribution in [2.24, 2.45) is 0 Å². The van der Waals surface area contributed by atoms with E-state index in [1.807, 2.05) is 30.3 Å². The molecule has 1 N–H and O–H groups in total. The van der Waals surface area contributed by atoms with Gasteiger partial charge in [0.2, 0.25) is 0 Å². The molecule has 0 heterocycles. The summed E-state index contributed by atoms with van der Waals surface area (Å²) in [5, 5.41) is 0. The summed E-state index contributed by atoms with van der Waals surface area (Å²) in [5.74, 6) is -1.28. The minimum absolute atomic E-state index is 0.149. The van der Waals surface area contributed by atoms with Gasteiger partial charge in [-0.05, 0) is 50.3 Å². The number of hydrogen-bond acceptors (Lipinski definition) is 3. The Morgan fingerprint density at radius 3 is 2.19 bits per heavy atom. The number of sulfonamides is 1. The molecule has 0 atom stereocenters. The summed E-state index contributed by atoms with van der Waals surface area (Å²) in [6.07, 6.45) is -0.694. The Hall–Kier alpha value is -2.54. The second kappa shape index (κ2) is 9.41. The van der Waals surface area contributed by atoms with Crippen LogP contribution in [0.25, 0.3) is 0 Å². The maximum atomic E-state index is 13.2. The van der Waals surface area contributed by atoms with Crippen molar-refractivity contribution in [2.45, 2.75) is 37.5 Å². The lowest BCUT2D eigenvalue weighted by Gasteiger charge is -2.09. The lowest BCUT2D eigenvalue weighted by molar-refractivity contribution is -0.116. The second-order valence-electron chi connectivity index (χ2n) is 6.18. The Labute approximate surface area is 158 Å². The van der Waals surface area contributed by atoms with Crippen LogP contribution >= 0.6 is 0 Å². The van der Waals surface area contributed by atoms with Gasteiger partial charge in [0.05, 0.1) is 10.5 Å². The van der Waals surface area contributed by atoms with Crippen LogP contribution in [0.2, 0.25) is 0 Å². The van der Waals surface area contributed by atoms with Gasteiger partial charge in [-0.2, -0.15) is 8.78 Å². The Bertz CT molecular complexity index is 904. The molecule has 2 rings (SSSR count). The molecule has 0 aliphatic rings. The highest BCUT2D eigenvalue weighted by Crippen LogP contribution is 2.18. The average Bonchev–Trinajstić information content (AvgIpc) is 2.62. The summed E-state index contributed by atoms with van der Waals surface area (Å²) in [6, 6.07) is 15.3. The summed E-state index contributed by atoms with van der Waals surface area (Å²) < 4.78 is 52.4. The fraction of sp³-hybridized carbons (Fsp3) is 0.250. The van der Waals surface area contributed by atoms with Crippen LogP contribution in [0.5, 0.6) is 0 Å². The van der Waals surface area contributed by atoms with Crippen LogP contribution in [0, 0.1) is 6.92 Å². The first-order chi connectivity index (χ1) is 12.8. The van der Waals surface area contributed by atoms with Crippen molar-refractivity contribution in [3.63, 3.8) is 0 Å². The molecule has 0 radical (unpaired) electrons. The maximum Gasteiger partial charge on any atom is 0.278 e. The number of nitrogens with one attached hydrogen (secondary N) is 1. The van der Waals surface area contributed by atoms with E-state index in [4.69, 9.17) is 0 Å². The minimum Gasteiger partial charge on any atom is -0.268 e. The van der Waals surface area contributed by atoms with E-state index in [2.05, 4.69) is 0 Å². The van der Waals surface area contributed by atoms with Crippen LogP contribution in [0.1, 0.15) is 30.4 Å². The van der Waals surface area contributed by atoms with Crippen LogP contribution < -0.4 is 4.72 Å². The molecule has 7 heteroatoms. The van der Waals surface area contributed by atoms with Crippen LogP contribution in [0.15, 0.2) is 71.1 Å². The van der Waals surface area contributed by atoms with Crippen LogP contribution in [-0.2, 0) is 21.2 Å². The quantitative estimate of drug-likeness (QED) is 0.535. The van der Waals surface area contributed by atoms with E-state index in [0.29, 0.717) is 19.3 Å². The van der Waals surface area contributed by atoms with Gasteiger partial charge in [0.1, 0.15) is 0 Å². The van der Waals surface area contributed by atoms with Crippen molar-refractivity contribution in [3.05, 3.63) is 77.4 Å². The number of hydrogen-bond donors (Lipinski definition) is 1. The largest absolute Gasteiger partial charge is 0.278 e. The third-order valence-corrected chi connectivity index (χ3v) is 5.39. The number of amides is 1. The molecular formula is C20H21F2NO3S. The molecule has 0 fully saturated rings. The second-order valence-corrected chi connectivity index (χ2v) is 7.86. The zero-order valence-corrected chi connectivity index (χ0v) is 15.7. The number of aryl methyl sites for hydroxylation is 2. The van der Waals surface area contributed by atoms with Crippen molar-refractivity contribution in [1.82, 2.24) is 4.72 Å². The molecule has 1 amide bonds. The van der Waals surface area contributed by atoms with Crippen molar-refractivity contribution >= 4 is 15.9 Å². The predicted molar refractivity (Wildman–Crippen MR) is 99.7 cm³/mol. The number of benzene rings is 2. The average molecular weight is 393 g/mol. The van der Waals surface area contributed by atoms with Crippen LogP contribution in [0.4, 0.5) is 8.78 Å². The van der Waals surface area contributed by atoms with Gasteiger partial charge < -0.3 is 0 Å². The number of halogens is 2. The molecule has 27 heavy (non-hydrogen) atoms. The van der Waals surface area contributed by atoms with E-state index < -0.39 is 27.6 Å². The zero-order valence-electron chi connectivity index (χ0n) is 14.9. The monoisotopic (exact) mass is 393 g/mol. The maximum absolute atomic E-state index is 13.2. The normalized spacial score (nSPS) is 11.1. The summed E-state index contributed by atoms with van der Waals surface area (Å²) in [5.41, 5.74) is 1.13. The lowest BCUT2D eigenvalue weighted by Crippen LogP contribution is -2.32. The highest BCUT2D eigenvalue weighted by Gasteiger charge is 2.23. The van der Waals surface area contributed by atoms with Crippen molar-refractivity contribution in [3.8, 4) is 0 Å². The molecule has 0 aromatic heterocycles. The molecule has 0 aliphatic carbocycles. The van der Waals surface area contributed by atoms with E-state index in [1.165, 1.54) is 12.1 Å². The molecule has 144 valence electrons. The fourth-order valence-corrected chi connectivity index (χ4v) is 3.51. The van der Waals surface area contributed by atoms with E-state index in [-0.39, 0.29) is 11.3 Å². The van der Waals surface area contributed by atoms with Crippen LogP contribution in [-0.4, -0.2) is 14.3 Å². The molecule has 0 aliphatic heterocycles. The molecule has 0 unspecified atom stereocenters. The number of carbonyl (C=O) groups excluding carboxylic acids is 1. The van der Waals surface area contributed by atoms with Crippen molar-refractivity contribution in [2.75, 3.05) is 0 Å². The van der Waals surface area contributed by atoms with Gasteiger partial charge in [-0.25, -0.2) is 13.1 Å². The van der Waals surface area contributed by atoms with Crippen molar-refractivity contribution in [1.29, 1.82) is 0 Å². The van der Waals surface area contributed by atoms with E-state index >= 15 is 0 Å². The summed E-state index contributed by atoms with van der Waals surface area (Å²) in [6.45, 7) is 1.78. The zero-order chi connectivity index (χ0) is 19.9. The molecule has 4 nitrogen and oxygen atoms in total. The summed E-state index contributed by atoms with van der Waals surface area (Å²) in [4.78, 5) is 11.9. The Kier molecular flexibility index (Phi) is 7.24. The fourth-order valence-electron chi connectivity index (χ4n) is 2.53. The van der Waals surface area contributed by atoms with E-state index in [9.17, 15) is 22.0 Å². The summed E-state index contributed by atoms with van der Waals surface area (Å²) >= 11 is 0. The van der Waals surface area contributed by atoms with Gasteiger partial charge >= 0.3 is 0 Å². The molecule has 2 aromatic rings. The highest BCUT2D eigenvalue weighted by molar-refractivity contribution is 7.90. The first kappa shape index (κ1) is 20.8. The molecule has 0 saturated carbocycles. The van der Waals surface area contributed by atoms with Crippen molar-refractivity contribution < 1.29 is 22.0 Å². The highest BCUT2D eigenvalue weighted by atomic mass is 32.2. The smallest absolute Gasteiger partial charge is 0.268 e. The SMILES string of the molecule is Cc1ccc(S(=O)(=O)NC(=O)C(CCCCc2ccccc2)=C(F)F)cc1. The van der Waals surface area contributed by atoms with Gasteiger partial charge in [-0.15, -0.1) is 0 Å². The van der Waals surface area contributed by atoms with Gasteiger partial charge in [-0.1, -0.05) is 48.0 Å². The van der Waals surface area contributed by atoms with E-state index in [0.717, 1.165) is 11.1 Å². The standard InChI is InChI=1S/C20H21F2NO3S/c1-15-11-13-17(14-12-15)27(25,26)23-20(24)18(19(21)22)10-6-5-9-16-7-3-2-4-8-16/h2-4,7-8,11-14H,5-6,9-10H2,1H3,(H,23,24). The number of rotatable bonds is 8. The predicted octanol–water partition coefficient (Wildman–Crippen LogP) is 4.36. The van der Waals surface area contributed by atoms with Gasteiger partial charge in [0.15, 0.2) is 0 Å². The first-order valence-electron chi connectivity index (χ1n) is 8.51. The van der Waals surface area contributed by atoms with Gasteiger partial charge in [0, 0.05) is 0 Å². The Morgan fingerprint density at radius 1 is 0.963 bits per heavy atom. The molecule has 0 spiro atoms. The van der Waals surface area contributed by atoms with Crippen LogP contribution in [0.3, 0.4) is 0 Å². The van der Waals surface area contributed by atoms with E-state index in [1.54, 1.807) is 23.8 Å². The minimum atomic E-state index is -4.20. The molecular weight excluding hydrogens is 372 g/mol. The Morgan fingerprint density at radius 2 is 1.59 bits per heavy atom. The molecule has 0 bridgehead atoms. The summed E-state index contributed by atoms with van der Waals surface area (Å²) in [7, 11) is -4.20. The number of carbonyl (C=O) groups is 1. The molecule has 2 aromatic carbocycles. The van der Waals surface area contributed by atoms with Gasteiger partial charge in [-0.3, -0.25) is 4.79 Å². The molecule has 0 saturated heterocycles.